The highest BCUT2D eigenvalue weighted by Crippen LogP contribution is 1.98. The summed E-state index contributed by atoms with van der Waals surface area (Å²) in [5, 5.41) is 0. The molecule has 0 bridgehead atoms. The molecule has 0 amide bonds. The molecule has 0 saturated carbocycles. The molecule has 2 N–H and O–H groups in total. The lowest BCUT2D eigenvalue weighted by Gasteiger charge is -1.93. The number of hydrogen-bond donors (Lipinski definition) is 1. The van der Waals surface area contributed by atoms with E-state index in [2.05, 4.69) is 0 Å². The molecule has 0 aromatic carbocycles. The van der Waals surface area contributed by atoms with Gasteiger partial charge in [0.1, 0.15) is 5.78 Å². The summed E-state index contributed by atoms with van der Waals surface area (Å²) >= 11 is 0. The minimum Gasteiger partial charge on any atom is -0.330 e. The van der Waals surface area contributed by atoms with E-state index in [9.17, 15) is 4.79 Å². The molecule has 0 heterocycles. The normalized spacial score (nSPS) is 24.2. The highest BCUT2D eigenvalue weighted by atomic mass is 16.1. The van der Waals surface area contributed by atoms with Crippen LogP contribution in [0, 0.1) is 0 Å². The molecule has 0 radical (unpaired) electrons. The molecule has 0 atom stereocenters. The Morgan fingerprint density at radius 2 is 2.33 bits per heavy atom. The Morgan fingerprint density at radius 3 is 2.78 bits per heavy atom. The van der Waals surface area contributed by atoms with Crippen LogP contribution in [0.25, 0.3) is 0 Å². The SMILES string of the molecule is [2H]C([2H])(N)CC([2H])([2H])CC([2H])([2H])C(C)=O. The number of ketones is 1. The van der Waals surface area contributed by atoms with Crippen molar-refractivity contribution < 1.29 is 13.0 Å². The zero-order valence-corrected chi connectivity index (χ0v) is 5.40. The molecule has 0 fully saturated rings. The predicted molar refractivity (Wildman–Crippen MR) is 38.2 cm³/mol. The van der Waals surface area contributed by atoms with E-state index in [-0.39, 0.29) is 0 Å². The standard InChI is InChI=1S/C7H15NO/c1-7(9)5-3-2-4-6-8/h2-6,8H2,1H3/i2D2,5D2,6D2. The highest BCUT2D eigenvalue weighted by Gasteiger charge is 1.91. The van der Waals surface area contributed by atoms with Crippen molar-refractivity contribution in [2.24, 2.45) is 5.73 Å². The molecule has 0 aromatic rings. The molecule has 0 aromatic heterocycles. The van der Waals surface area contributed by atoms with Gasteiger partial charge in [-0.3, -0.25) is 0 Å². The number of carbonyl (C=O) groups is 1. The Labute approximate surface area is 64.9 Å². The average Bonchev–Trinajstić information content (AvgIpc) is 1.75. The van der Waals surface area contributed by atoms with Gasteiger partial charge in [-0.25, -0.2) is 0 Å². The molecule has 9 heavy (non-hydrogen) atoms. The van der Waals surface area contributed by atoms with Crippen LogP contribution in [0.4, 0.5) is 0 Å². The number of Topliss-reactive ketones (excluding diaryl/α,β-unsaturated/α-hetero) is 1. The molecule has 54 valence electrons. The first-order chi connectivity index (χ1) is 6.36. The lowest BCUT2D eigenvalue weighted by molar-refractivity contribution is -0.117. The second kappa shape index (κ2) is 5.76. The van der Waals surface area contributed by atoms with E-state index in [1.54, 1.807) is 0 Å². The Bertz CT molecular complexity index is 246. The average molecular weight is 135 g/mol. The van der Waals surface area contributed by atoms with Crippen LogP contribution in [0.5, 0.6) is 0 Å². The van der Waals surface area contributed by atoms with Gasteiger partial charge in [-0.05, 0) is 26.3 Å². The van der Waals surface area contributed by atoms with Gasteiger partial charge in [-0.2, -0.15) is 0 Å². The van der Waals surface area contributed by atoms with Gasteiger partial charge in [0.25, 0.3) is 0 Å². The topological polar surface area (TPSA) is 43.1 Å². The fraction of sp³-hybridized carbons (Fsp3) is 0.857. The molecule has 0 aliphatic carbocycles. The zero-order chi connectivity index (χ0) is 12.5. The summed E-state index contributed by atoms with van der Waals surface area (Å²) in [6.07, 6.45) is -5.76. The number of carbonyl (C=O) groups excluding carboxylic acids is 1. The summed E-state index contributed by atoms with van der Waals surface area (Å²) < 4.78 is 43.3. The molecule has 0 spiro atoms. The van der Waals surface area contributed by atoms with E-state index in [1.807, 2.05) is 0 Å². The van der Waals surface area contributed by atoms with E-state index in [0.29, 0.717) is 0 Å². The van der Waals surface area contributed by atoms with Gasteiger partial charge in [0.15, 0.2) is 0 Å². The summed E-state index contributed by atoms with van der Waals surface area (Å²) in [4.78, 5) is 10.8. The van der Waals surface area contributed by atoms with Crippen molar-refractivity contribution in [2.45, 2.75) is 32.5 Å². The molecule has 0 rings (SSSR count). The molecule has 2 nitrogen and oxygen atoms in total. The summed E-state index contributed by atoms with van der Waals surface area (Å²) in [5.41, 5.74) is 5.00. The number of rotatable bonds is 5. The van der Waals surface area contributed by atoms with E-state index in [1.165, 1.54) is 0 Å². The van der Waals surface area contributed by atoms with Gasteiger partial charge >= 0.3 is 0 Å². The van der Waals surface area contributed by atoms with E-state index >= 15 is 0 Å². The maximum Gasteiger partial charge on any atom is 0.129 e. The van der Waals surface area contributed by atoms with Gasteiger partial charge in [0, 0.05) is 14.6 Å². The Balaban J connectivity index is 4.58. The largest absolute Gasteiger partial charge is 0.330 e. The van der Waals surface area contributed by atoms with E-state index in [4.69, 9.17) is 14.0 Å². The fourth-order valence-corrected chi connectivity index (χ4v) is 0.322. The molecular formula is C7H15NO. The van der Waals surface area contributed by atoms with Gasteiger partial charge in [-0.15, -0.1) is 0 Å². The molecule has 0 unspecified atom stereocenters. The van der Waals surface area contributed by atoms with Crippen molar-refractivity contribution >= 4 is 5.78 Å². The predicted octanol–water partition coefficient (Wildman–Crippen LogP) is 1.09. The molecule has 2 heteroatoms. The van der Waals surface area contributed by atoms with E-state index < -0.39 is 37.9 Å². The monoisotopic (exact) mass is 135 g/mol. The van der Waals surface area contributed by atoms with Gasteiger partial charge in [0.05, 0.1) is 0 Å². The number of nitrogens with two attached hydrogens (primary N) is 1. The van der Waals surface area contributed by atoms with Crippen LogP contribution < -0.4 is 5.73 Å². The Kier molecular flexibility index (Phi) is 1.73. The molecule has 0 aliphatic rings. The Morgan fingerprint density at radius 1 is 1.67 bits per heavy atom. The van der Waals surface area contributed by atoms with Gasteiger partial charge in [0.2, 0.25) is 0 Å². The maximum absolute atomic E-state index is 10.8. The van der Waals surface area contributed by atoms with Crippen LogP contribution in [-0.2, 0) is 4.79 Å². The van der Waals surface area contributed by atoms with Crippen molar-refractivity contribution in [3.8, 4) is 0 Å². The van der Waals surface area contributed by atoms with Gasteiger partial charge < -0.3 is 10.5 Å². The second-order valence-corrected chi connectivity index (χ2v) is 1.54. The van der Waals surface area contributed by atoms with Crippen molar-refractivity contribution in [3.05, 3.63) is 0 Å². The summed E-state index contributed by atoms with van der Waals surface area (Å²) in [5.74, 6) is -0.774. The first-order valence-electron chi connectivity index (χ1n) is 5.66. The first-order valence-corrected chi connectivity index (χ1v) is 2.66. The lowest BCUT2D eigenvalue weighted by Crippen LogP contribution is -1.98. The summed E-state index contributed by atoms with van der Waals surface area (Å²) in [7, 11) is 0. The van der Waals surface area contributed by atoms with Crippen LogP contribution in [0.1, 0.15) is 40.7 Å². The van der Waals surface area contributed by atoms with Crippen molar-refractivity contribution in [2.75, 3.05) is 6.50 Å². The third kappa shape index (κ3) is 7.63. The second-order valence-electron chi connectivity index (χ2n) is 1.54. The smallest absolute Gasteiger partial charge is 0.129 e. The molecule has 0 aliphatic heterocycles. The van der Waals surface area contributed by atoms with Crippen LogP contribution in [-0.4, -0.2) is 12.3 Å². The molecule has 0 saturated heterocycles. The molecular weight excluding hydrogens is 114 g/mol. The third-order valence-electron chi connectivity index (χ3n) is 0.689. The summed E-state index contributed by atoms with van der Waals surface area (Å²) in [6.45, 7) is -1.18. The Hall–Kier alpha value is -0.370. The highest BCUT2D eigenvalue weighted by molar-refractivity contribution is 5.75. The van der Waals surface area contributed by atoms with Crippen molar-refractivity contribution in [1.82, 2.24) is 0 Å². The van der Waals surface area contributed by atoms with Crippen LogP contribution >= 0.6 is 0 Å². The first kappa shape index (κ1) is 2.70. The minimum absolute atomic E-state index is 0.646. The lowest BCUT2D eigenvalue weighted by atomic mass is 10.1. The van der Waals surface area contributed by atoms with Crippen molar-refractivity contribution in [3.63, 3.8) is 0 Å². The maximum atomic E-state index is 10.8. The van der Waals surface area contributed by atoms with E-state index in [0.717, 1.165) is 6.92 Å². The zero-order valence-electron chi connectivity index (χ0n) is 11.4. The number of hydrogen-bond acceptors (Lipinski definition) is 2. The quantitative estimate of drug-likeness (QED) is 0.613. The van der Waals surface area contributed by atoms with Crippen molar-refractivity contribution in [1.29, 1.82) is 0 Å². The minimum atomic E-state index is -2.28. The summed E-state index contributed by atoms with van der Waals surface area (Å²) in [6, 6.07) is 0. The van der Waals surface area contributed by atoms with Crippen LogP contribution in [0.3, 0.4) is 0 Å². The fourth-order valence-electron chi connectivity index (χ4n) is 0.322. The third-order valence-corrected chi connectivity index (χ3v) is 0.689. The van der Waals surface area contributed by atoms with Gasteiger partial charge in [-0.1, -0.05) is 6.37 Å². The van der Waals surface area contributed by atoms with Crippen LogP contribution in [0.2, 0.25) is 0 Å². The van der Waals surface area contributed by atoms with Crippen LogP contribution in [0.15, 0.2) is 0 Å².